The molecule has 122 valence electrons. The van der Waals surface area contributed by atoms with Gasteiger partial charge in [0.25, 0.3) is 0 Å². The smallest absolute Gasteiger partial charge is 0.147 e. The van der Waals surface area contributed by atoms with Crippen LogP contribution in [-0.4, -0.2) is 31.2 Å². The number of fused-ring (bicyclic) bond motifs is 2. The van der Waals surface area contributed by atoms with Gasteiger partial charge in [-0.05, 0) is 43.5 Å². The van der Waals surface area contributed by atoms with Crippen molar-refractivity contribution < 1.29 is 17.3 Å². The molecule has 2 aliphatic rings. The average Bonchev–Trinajstić information content (AvgIpc) is 2.59. The number of rotatable bonds is 3. The van der Waals surface area contributed by atoms with E-state index in [0.29, 0.717) is 0 Å². The fourth-order valence-electron chi connectivity index (χ4n) is 3.46. The zero-order chi connectivity index (χ0) is 14.8. The molecular formula is C18H22ClN3S. The van der Waals surface area contributed by atoms with E-state index in [1.165, 1.54) is 54.4 Å². The average molecular weight is 348 g/mol. The van der Waals surface area contributed by atoms with Crippen LogP contribution in [0.5, 0.6) is 0 Å². The maximum atomic E-state index is 4.66. The molecule has 0 unspecified atom stereocenters. The van der Waals surface area contributed by atoms with Crippen LogP contribution >= 0.6 is 11.8 Å². The summed E-state index contributed by atoms with van der Waals surface area (Å²) >= 11 is 1.84. The number of aromatic nitrogens is 1. The maximum absolute atomic E-state index is 4.66. The third kappa shape index (κ3) is 3.49. The second-order valence-electron chi connectivity index (χ2n) is 6.11. The number of hydrogen-bond acceptors (Lipinski definition) is 3. The van der Waals surface area contributed by atoms with E-state index in [9.17, 15) is 0 Å². The summed E-state index contributed by atoms with van der Waals surface area (Å²) in [6.45, 7) is 4.92. The Hall–Kier alpha value is -1.23. The van der Waals surface area contributed by atoms with Crippen molar-refractivity contribution in [1.82, 2.24) is 4.98 Å². The molecular weight excluding hydrogens is 326 g/mol. The van der Waals surface area contributed by atoms with Crippen molar-refractivity contribution in [3.05, 3.63) is 42.6 Å². The number of nitrogens with zero attached hydrogens (tertiary/aromatic N) is 2. The van der Waals surface area contributed by atoms with Crippen molar-refractivity contribution in [3.63, 3.8) is 0 Å². The maximum Gasteiger partial charge on any atom is 0.147 e. The van der Waals surface area contributed by atoms with Crippen LogP contribution in [-0.2, 0) is 0 Å². The minimum atomic E-state index is 0. The minimum absolute atomic E-state index is 0. The van der Waals surface area contributed by atoms with Crippen molar-refractivity contribution in [1.29, 1.82) is 0 Å². The van der Waals surface area contributed by atoms with E-state index in [4.69, 9.17) is 0 Å². The van der Waals surface area contributed by atoms with Gasteiger partial charge in [0.15, 0.2) is 0 Å². The Morgan fingerprint density at radius 1 is 1.00 bits per heavy atom. The number of pyridine rings is 1. The van der Waals surface area contributed by atoms with Crippen LogP contribution in [0, 0.1) is 0 Å². The molecule has 1 N–H and O–H groups in total. The highest BCUT2D eigenvalue weighted by Gasteiger charge is 2.25. The van der Waals surface area contributed by atoms with Gasteiger partial charge in [-0.1, -0.05) is 23.9 Å². The Morgan fingerprint density at radius 2 is 1.78 bits per heavy atom. The zero-order valence-electron chi connectivity index (χ0n) is 13.2. The summed E-state index contributed by atoms with van der Waals surface area (Å²) in [6.07, 6.45) is 6.10. The van der Waals surface area contributed by atoms with E-state index >= 15 is 0 Å². The third-order valence-corrected chi connectivity index (χ3v) is 5.74. The Labute approximate surface area is 148 Å². The van der Waals surface area contributed by atoms with Crippen molar-refractivity contribution in [3.8, 4) is 0 Å². The van der Waals surface area contributed by atoms with Crippen LogP contribution in [0.3, 0.4) is 0 Å². The molecule has 1 fully saturated rings. The number of benzene rings is 1. The molecule has 0 atom stereocenters. The molecule has 1 saturated heterocycles. The lowest BCUT2D eigenvalue weighted by molar-refractivity contribution is -0.903. The van der Waals surface area contributed by atoms with E-state index in [1.807, 2.05) is 24.0 Å². The first-order chi connectivity index (χ1) is 10.9. The normalized spacial score (nSPS) is 17.1. The molecule has 0 bridgehead atoms. The molecule has 3 nitrogen and oxygen atoms in total. The van der Waals surface area contributed by atoms with Crippen molar-refractivity contribution in [2.24, 2.45) is 0 Å². The molecule has 1 aromatic carbocycles. The summed E-state index contributed by atoms with van der Waals surface area (Å²) in [5, 5.41) is 0. The number of likely N-dealkylation sites (tertiary alicyclic amines) is 1. The van der Waals surface area contributed by atoms with Gasteiger partial charge < -0.3 is 22.2 Å². The topological polar surface area (TPSA) is 20.6 Å². The molecule has 23 heavy (non-hydrogen) atoms. The molecule has 0 spiro atoms. The number of para-hydroxylation sites is 1. The quantitative estimate of drug-likeness (QED) is 0.827. The van der Waals surface area contributed by atoms with Crippen molar-refractivity contribution in [2.45, 2.75) is 29.1 Å². The summed E-state index contributed by atoms with van der Waals surface area (Å²) in [5.74, 6) is 1.13. The SMILES string of the molecule is [Cl-].c1ccc2c(c1)Sc1cccnc1N2CC[NH+]1CCCCC1. The molecule has 3 heterocycles. The Morgan fingerprint density at radius 3 is 2.65 bits per heavy atom. The first kappa shape index (κ1) is 16.6. The summed E-state index contributed by atoms with van der Waals surface area (Å²) in [5.41, 5.74) is 1.31. The molecule has 4 rings (SSSR count). The number of quaternary nitrogens is 1. The zero-order valence-corrected chi connectivity index (χ0v) is 14.7. The first-order valence-electron chi connectivity index (χ1n) is 8.25. The van der Waals surface area contributed by atoms with Gasteiger partial charge in [0.05, 0.1) is 36.8 Å². The Kier molecular flexibility index (Phi) is 5.46. The monoisotopic (exact) mass is 347 g/mol. The Bertz CT molecular complexity index is 613. The predicted molar refractivity (Wildman–Crippen MR) is 91.2 cm³/mol. The number of piperidine rings is 1. The van der Waals surface area contributed by atoms with E-state index in [2.05, 4.69) is 40.2 Å². The van der Waals surface area contributed by atoms with E-state index in [0.717, 1.165) is 12.4 Å². The molecule has 0 saturated carbocycles. The third-order valence-electron chi connectivity index (χ3n) is 4.63. The number of nitrogens with one attached hydrogen (secondary N) is 1. The molecule has 5 heteroatoms. The minimum Gasteiger partial charge on any atom is -1.00 e. The van der Waals surface area contributed by atoms with Crippen LogP contribution in [0.2, 0.25) is 0 Å². The highest BCUT2D eigenvalue weighted by atomic mass is 35.5. The molecule has 0 radical (unpaired) electrons. The summed E-state index contributed by atoms with van der Waals surface area (Å²) < 4.78 is 0. The predicted octanol–water partition coefficient (Wildman–Crippen LogP) is -0.243. The van der Waals surface area contributed by atoms with Crippen LogP contribution < -0.4 is 22.2 Å². The van der Waals surface area contributed by atoms with Crippen molar-refractivity contribution in [2.75, 3.05) is 31.1 Å². The molecule has 1 aromatic heterocycles. The highest BCUT2D eigenvalue weighted by Crippen LogP contribution is 2.46. The number of hydrogen-bond donors (Lipinski definition) is 1. The molecule has 2 aliphatic heterocycles. The van der Waals surface area contributed by atoms with Crippen LogP contribution in [0.25, 0.3) is 0 Å². The van der Waals surface area contributed by atoms with Gasteiger partial charge >= 0.3 is 0 Å². The van der Waals surface area contributed by atoms with Gasteiger partial charge in [-0.15, -0.1) is 0 Å². The van der Waals surface area contributed by atoms with Crippen LogP contribution in [0.4, 0.5) is 11.5 Å². The van der Waals surface area contributed by atoms with E-state index in [1.54, 1.807) is 4.90 Å². The number of anilines is 2. The second kappa shape index (κ2) is 7.56. The fraction of sp³-hybridized carbons (Fsp3) is 0.389. The lowest BCUT2D eigenvalue weighted by Gasteiger charge is -2.33. The van der Waals surface area contributed by atoms with Gasteiger partial charge in [0.1, 0.15) is 5.82 Å². The van der Waals surface area contributed by atoms with Crippen LogP contribution in [0.15, 0.2) is 52.4 Å². The van der Waals surface area contributed by atoms with E-state index < -0.39 is 0 Å². The lowest BCUT2D eigenvalue weighted by atomic mass is 10.1. The number of halogens is 1. The van der Waals surface area contributed by atoms with Gasteiger partial charge in [0.2, 0.25) is 0 Å². The van der Waals surface area contributed by atoms with Gasteiger partial charge in [-0.25, -0.2) is 4.98 Å². The summed E-state index contributed by atoms with van der Waals surface area (Å²) in [6, 6.07) is 12.9. The van der Waals surface area contributed by atoms with Gasteiger partial charge in [0, 0.05) is 11.1 Å². The highest BCUT2D eigenvalue weighted by molar-refractivity contribution is 7.99. The molecule has 0 amide bonds. The summed E-state index contributed by atoms with van der Waals surface area (Å²) in [7, 11) is 0. The summed E-state index contributed by atoms with van der Waals surface area (Å²) in [4.78, 5) is 11.4. The van der Waals surface area contributed by atoms with Crippen molar-refractivity contribution >= 4 is 23.3 Å². The van der Waals surface area contributed by atoms with Gasteiger partial charge in [-0.3, -0.25) is 0 Å². The second-order valence-corrected chi connectivity index (χ2v) is 7.19. The lowest BCUT2D eigenvalue weighted by Crippen LogP contribution is -3.13. The molecule has 2 aromatic rings. The first-order valence-corrected chi connectivity index (χ1v) is 9.06. The van der Waals surface area contributed by atoms with E-state index in [-0.39, 0.29) is 12.4 Å². The largest absolute Gasteiger partial charge is 1.00 e. The Balaban J connectivity index is 0.00000156. The van der Waals surface area contributed by atoms with Gasteiger partial charge in [-0.2, -0.15) is 0 Å². The van der Waals surface area contributed by atoms with Crippen LogP contribution in [0.1, 0.15) is 19.3 Å². The molecule has 0 aliphatic carbocycles. The standard InChI is InChI=1S/C18H21N3S.ClH/c1-4-11-20(12-5-1)13-14-21-15-7-2-3-8-16(15)22-17-9-6-10-19-18(17)21;/h2-3,6-10H,1,4-5,11-14H2;1H. The fourth-order valence-corrected chi connectivity index (χ4v) is 4.53.